The number of carbonyl (C=O) groups is 1. The lowest BCUT2D eigenvalue weighted by molar-refractivity contribution is -0.130. The number of amides is 1. The van der Waals surface area contributed by atoms with Crippen molar-refractivity contribution in [3.63, 3.8) is 0 Å². The third-order valence-electron chi connectivity index (χ3n) is 4.41. The lowest BCUT2D eigenvalue weighted by Crippen LogP contribution is -2.36. The SMILES string of the molecule is CCNC(=NCc1cccc(OCC(=O)N(C)C)c1)NCc1ccc(C)cc1OC.I. The molecule has 0 radical (unpaired) electrons. The van der Waals surface area contributed by atoms with E-state index < -0.39 is 0 Å². The predicted molar refractivity (Wildman–Crippen MR) is 135 cm³/mol. The zero-order valence-electron chi connectivity index (χ0n) is 18.9. The van der Waals surface area contributed by atoms with Crippen molar-refractivity contribution in [2.75, 3.05) is 34.4 Å². The van der Waals surface area contributed by atoms with Gasteiger partial charge in [0.25, 0.3) is 5.91 Å². The van der Waals surface area contributed by atoms with E-state index in [0.29, 0.717) is 24.8 Å². The van der Waals surface area contributed by atoms with Gasteiger partial charge in [0.2, 0.25) is 0 Å². The van der Waals surface area contributed by atoms with E-state index in [4.69, 9.17) is 9.47 Å². The average molecular weight is 540 g/mol. The maximum absolute atomic E-state index is 11.7. The highest BCUT2D eigenvalue weighted by atomic mass is 127. The first-order chi connectivity index (χ1) is 14.4. The largest absolute Gasteiger partial charge is 0.496 e. The third kappa shape index (κ3) is 9.04. The number of hydrogen-bond acceptors (Lipinski definition) is 4. The molecule has 0 fully saturated rings. The Morgan fingerprint density at radius 3 is 2.58 bits per heavy atom. The van der Waals surface area contributed by atoms with Gasteiger partial charge in [-0.2, -0.15) is 0 Å². The van der Waals surface area contributed by atoms with Crippen LogP contribution in [0.4, 0.5) is 0 Å². The molecule has 7 nitrogen and oxygen atoms in total. The molecule has 8 heteroatoms. The van der Waals surface area contributed by atoms with Crippen LogP contribution >= 0.6 is 24.0 Å². The van der Waals surface area contributed by atoms with E-state index in [2.05, 4.69) is 27.8 Å². The van der Waals surface area contributed by atoms with Crippen molar-refractivity contribution >= 4 is 35.8 Å². The molecule has 0 aromatic heterocycles. The molecule has 0 saturated heterocycles. The lowest BCUT2D eigenvalue weighted by atomic mass is 10.1. The number of nitrogens with one attached hydrogen (secondary N) is 2. The van der Waals surface area contributed by atoms with Gasteiger partial charge in [0.1, 0.15) is 11.5 Å². The summed E-state index contributed by atoms with van der Waals surface area (Å²) in [5.74, 6) is 2.15. The fourth-order valence-electron chi connectivity index (χ4n) is 2.70. The van der Waals surface area contributed by atoms with Crippen LogP contribution in [0.5, 0.6) is 11.5 Å². The van der Waals surface area contributed by atoms with Crippen molar-refractivity contribution in [3.8, 4) is 11.5 Å². The highest BCUT2D eigenvalue weighted by Gasteiger charge is 2.07. The maximum Gasteiger partial charge on any atom is 0.259 e. The zero-order chi connectivity index (χ0) is 21.9. The summed E-state index contributed by atoms with van der Waals surface area (Å²) in [5.41, 5.74) is 3.22. The van der Waals surface area contributed by atoms with Gasteiger partial charge in [-0.3, -0.25) is 4.79 Å². The number of methoxy groups -OCH3 is 1. The van der Waals surface area contributed by atoms with Crippen molar-refractivity contribution in [2.45, 2.75) is 26.9 Å². The van der Waals surface area contributed by atoms with E-state index in [-0.39, 0.29) is 36.5 Å². The van der Waals surface area contributed by atoms with Gasteiger partial charge < -0.3 is 25.0 Å². The van der Waals surface area contributed by atoms with E-state index in [0.717, 1.165) is 29.0 Å². The summed E-state index contributed by atoms with van der Waals surface area (Å²) < 4.78 is 11.1. The van der Waals surface area contributed by atoms with Crippen LogP contribution < -0.4 is 20.1 Å². The first kappa shape index (κ1) is 26.5. The molecule has 0 saturated carbocycles. The summed E-state index contributed by atoms with van der Waals surface area (Å²) in [6, 6.07) is 13.8. The minimum absolute atomic E-state index is 0. The molecule has 2 N–H and O–H groups in total. The molecule has 0 aliphatic heterocycles. The maximum atomic E-state index is 11.7. The molecule has 2 rings (SSSR count). The standard InChI is InChI=1S/C23H32N4O3.HI/c1-6-24-23(26-15-19-11-10-17(2)12-21(19)29-5)25-14-18-8-7-9-20(13-18)30-16-22(28)27(3)4;/h7-13H,6,14-16H2,1-5H3,(H2,24,25,26);1H. The fourth-order valence-corrected chi connectivity index (χ4v) is 2.70. The molecule has 0 aliphatic carbocycles. The molecule has 0 heterocycles. The van der Waals surface area contributed by atoms with E-state index in [1.54, 1.807) is 21.2 Å². The highest BCUT2D eigenvalue weighted by Crippen LogP contribution is 2.19. The molecule has 2 aromatic rings. The summed E-state index contributed by atoms with van der Waals surface area (Å²) in [5, 5.41) is 6.60. The van der Waals surface area contributed by atoms with Crippen LogP contribution in [-0.2, 0) is 17.9 Å². The second-order valence-electron chi connectivity index (χ2n) is 7.09. The number of carbonyl (C=O) groups excluding carboxylic acids is 1. The summed E-state index contributed by atoms with van der Waals surface area (Å²) in [4.78, 5) is 17.9. The van der Waals surface area contributed by atoms with Gasteiger partial charge in [-0.25, -0.2) is 4.99 Å². The molecular weight excluding hydrogens is 507 g/mol. The number of guanidine groups is 1. The molecule has 2 aromatic carbocycles. The number of hydrogen-bond donors (Lipinski definition) is 2. The summed E-state index contributed by atoms with van der Waals surface area (Å²) in [6.45, 7) is 5.93. The summed E-state index contributed by atoms with van der Waals surface area (Å²) in [7, 11) is 5.09. The number of nitrogens with zero attached hydrogens (tertiary/aromatic N) is 2. The van der Waals surface area contributed by atoms with Gasteiger partial charge in [0.15, 0.2) is 12.6 Å². The first-order valence-corrected chi connectivity index (χ1v) is 10.0. The van der Waals surface area contributed by atoms with E-state index >= 15 is 0 Å². The van der Waals surface area contributed by atoms with Crippen molar-refractivity contribution in [3.05, 3.63) is 59.2 Å². The number of ether oxygens (including phenoxy) is 2. The van der Waals surface area contributed by atoms with Crippen molar-refractivity contribution in [1.82, 2.24) is 15.5 Å². The Morgan fingerprint density at radius 2 is 1.90 bits per heavy atom. The Hall–Kier alpha value is -2.49. The van der Waals surface area contributed by atoms with Crippen LogP contribution in [0.25, 0.3) is 0 Å². The number of benzene rings is 2. The van der Waals surface area contributed by atoms with Gasteiger partial charge in [-0.05, 0) is 43.2 Å². The molecule has 31 heavy (non-hydrogen) atoms. The van der Waals surface area contributed by atoms with Crippen LogP contribution in [0.2, 0.25) is 0 Å². The smallest absolute Gasteiger partial charge is 0.259 e. The van der Waals surface area contributed by atoms with Crippen molar-refractivity contribution in [2.24, 2.45) is 4.99 Å². The number of aliphatic imine (C=N–C) groups is 1. The number of rotatable bonds is 9. The van der Waals surface area contributed by atoms with Crippen molar-refractivity contribution < 1.29 is 14.3 Å². The quantitative estimate of drug-likeness (QED) is 0.290. The lowest BCUT2D eigenvalue weighted by Gasteiger charge is -2.14. The Bertz CT molecular complexity index is 872. The van der Waals surface area contributed by atoms with Crippen LogP contribution in [0.1, 0.15) is 23.6 Å². The monoisotopic (exact) mass is 540 g/mol. The third-order valence-corrected chi connectivity index (χ3v) is 4.41. The summed E-state index contributed by atoms with van der Waals surface area (Å²) in [6.07, 6.45) is 0. The van der Waals surface area contributed by atoms with E-state index in [1.807, 2.05) is 44.2 Å². The Kier molecular flexibility index (Phi) is 11.8. The Morgan fingerprint density at radius 1 is 1.13 bits per heavy atom. The molecule has 1 amide bonds. The van der Waals surface area contributed by atoms with Crippen LogP contribution in [0.15, 0.2) is 47.5 Å². The predicted octanol–water partition coefficient (Wildman–Crippen LogP) is 3.34. The molecule has 0 bridgehead atoms. The molecule has 0 atom stereocenters. The van der Waals surface area contributed by atoms with Gasteiger partial charge >= 0.3 is 0 Å². The van der Waals surface area contributed by atoms with Crippen LogP contribution in [-0.4, -0.2) is 51.1 Å². The van der Waals surface area contributed by atoms with Crippen LogP contribution in [0.3, 0.4) is 0 Å². The second kappa shape index (κ2) is 13.7. The average Bonchev–Trinajstić information content (AvgIpc) is 2.74. The molecule has 170 valence electrons. The minimum Gasteiger partial charge on any atom is -0.496 e. The Balaban J connectivity index is 0.00000480. The van der Waals surface area contributed by atoms with Gasteiger partial charge in [-0.1, -0.05) is 24.3 Å². The van der Waals surface area contributed by atoms with Gasteiger partial charge in [-0.15, -0.1) is 24.0 Å². The molecule has 0 spiro atoms. The van der Waals surface area contributed by atoms with E-state index in [9.17, 15) is 4.79 Å². The minimum atomic E-state index is -0.0800. The van der Waals surface area contributed by atoms with Crippen LogP contribution in [0, 0.1) is 6.92 Å². The number of aryl methyl sites for hydroxylation is 1. The van der Waals surface area contributed by atoms with Crippen molar-refractivity contribution in [1.29, 1.82) is 0 Å². The first-order valence-electron chi connectivity index (χ1n) is 10.0. The topological polar surface area (TPSA) is 75.2 Å². The van der Waals surface area contributed by atoms with Gasteiger partial charge in [0.05, 0.1) is 13.7 Å². The second-order valence-corrected chi connectivity index (χ2v) is 7.09. The van der Waals surface area contributed by atoms with E-state index in [1.165, 1.54) is 4.90 Å². The van der Waals surface area contributed by atoms with Gasteiger partial charge in [0, 0.05) is 32.7 Å². The molecule has 0 unspecified atom stereocenters. The molecular formula is C23H33IN4O3. The Labute approximate surface area is 202 Å². The zero-order valence-corrected chi connectivity index (χ0v) is 21.2. The number of likely N-dealkylation sites (N-methyl/N-ethyl adjacent to an activating group) is 1. The fraction of sp³-hybridized carbons (Fsp3) is 0.391. The highest BCUT2D eigenvalue weighted by molar-refractivity contribution is 14.0. The normalized spacial score (nSPS) is 10.7. The molecule has 0 aliphatic rings. The summed E-state index contributed by atoms with van der Waals surface area (Å²) >= 11 is 0. The number of halogens is 1.